The largest absolute Gasteiger partial charge is 0.491 e. The highest BCUT2D eigenvalue weighted by Gasteiger charge is 2.14. The van der Waals surface area contributed by atoms with Crippen molar-refractivity contribution in [2.24, 2.45) is 0 Å². The van der Waals surface area contributed by atoms with Gasteiger partial charge in [0, 0.05) is 7.11 Å². The predicted molar refractivity (Wildman–Crippen MR) is 85.8 cm³/mol. The Hall–Kier alpha value is -2.56. The maximum Gasteiger partial charge on any atom is 0.261 e. The molecule has 2 rings (SSSR count). The van der Waals surface area contributed by atoms with Crippen LogP contribution in [0.3, 0.4) is 0 Å². The summed E-state index contributed by atoms with van der Waals surface area (Å²) < 4.78 is 37.3. The van der Waals surface area contributed by atoms with Crippen LogP contribution in [0.1, 0.15) is 5.56 Å². The normalized spacial score (nSPS) is 10.8. The van der Waals surface area contributed by atoms with Crippen molar-refractivity contribution in [3.05, 3.63) is 54.1 Å². The first-order valence-electron chi connectivity index (χ1n) is 6.80. The van der Waals surface area contributed by atoms with E-state index in [2.05, 4.69) is 4.72 Å². The summed E-state index contributed by atoms with van der Waals surface area (Å²) in [5.74, 6) is 0.562. The number of rotatable bonds is 7. The number of hydrogen-bond acceptors (Lipinski definition) is 5. The van der Waals surface area contributed by atoms with Gasteiger partial charge >= 0.3 is 0 Å². The quantitative estimate of drug-likeness (QED) is 0.787. The Morgan fingerprint density at radius 2 is 1.87 bits per heavy atom. The zero-order valence-corrected chi connectivity index (χ0v) is 13.3. The van der Waals surface area contributed by atoms with Gasteiger partial charge in [-0.1, -0.05) is 6.07 Å². The van der Waals surface area contributed by atoms with Crippen LogP contribution in [0, 0.1) is 11.3 Å². The van der Waals surface area contributed by atoms with E-state index >= 15 is 0 Å². The average molecular weight is 332 g/mol. The van der Waals surface area contributed by atoms with Crippen LogP contribution in [-0.2, 0) is 14.8 Å². The number of hydrogen-bond donors (Lipinski definition) is 1. The third-order valence-electron chi connectivity index (χ3n) is 2.93. The molecule has 23 heavy (non-hydrogen) atoms. The molecule has 0 amide bonds. The van der Waals surface area contributed by atoms with E-state index < -0.39 is 10.0 Å². The molecular weight excluding hydrogens is 316 g/mol. The summed E-state index contributed by atoms with van der Waals surface area (Å²) in [6.07, 6.45) is 0. The Labute approximate surface area is 135 Å². The maximum atomic E-state index is 12.3. The summed E-state index contributed by atoms with van der Waals surface area (Å²) >= 11 is 0. The van der Waals surface area contributed by atoms with Crippen LogP contribution >= 0.6 is 0 Å². The molecule has 0 fully saturated rings. The van der Waals surface area contributed by atoms with Gasteiger partial charge in [0.25, 0.3) is 10.0 Å². The Balaban J connectivity index is 2.11. The number of benzene rings is 2. The van der Waals surface area contributed by atoms with E-state index in [1.165, 1.54) is 18.2 Å². The maximum absolute atomic E-state index is 12.3. The topological polar surface area (TPSA) is 88.4 Å². The van der Waals surface area contributed by atoms with Gasteiger partial charge in [-0.2, -0.15) is 5.26 Å². The monoisotopic (exact) mass is 332 g/mol. The minimum atomic E-state index is -3.72. The molecule has 0 aliphatic rings. The van der Waals surface area contributed by atoms with Crippen LogP contribution in [0.2, 0.25) is 0 Å². The van der Waals surface area contributed by atoms with Crippen LogP contribution in [-0.4, -0.2) is 28.7 Å². The van der Waals surface area contributed by atoms with Crippen molar-refractivity contribution in [3.63, 3.8) is 0 Å². The minimum Gasteiger partial charge on any atom is -0.491 e. The first-order chi connectivity index (χ1) is 11.0. The molecule has 0 aromatic heterocycles. The van der Waals surface area contributed by atoms with E-state index in [0.29, 0.717) is 30.2 Å². The molecule has 6 nitrogen and oxygen atoms in total. The van der Waals surface area contributed by atoms with E-state index in [1.807, 2.05) is 6.07 Å². The highest BCUT2D eigenvalue weighted by atomic mass is 32.2. The second-order valence-electron chi connectivity index (χ2n) is 4.61. The predicted octanol–water partition coefficient (Wildman–Crippen LogP) is 2.38. The van der Waals surface area contributed by atoms with Crippen LogP contribution in [0.15, 0.2) is 53.4 Å². The number of nitrogens with one attached hydrogen (secondary N) is 1. The highest BCUT2D eigenvalue weighted by molar-refractivity contribution is 7.92. The molecule has 0 saturated heterocycles. The fraction of sp³-hybridized carbons (Fsp3) is 0.188. The fourth-order valence-electron chi connectivity index (χ4n) is 1.82. The molecule has 120 valence electrons. The second-order valence-corrected chi connectivity index (χ2v) is 6.29. The zero-order valence-electron chi connectivity index (χ0n) is 12.5. The first-order valence-corrected chi connectivity index (χ1v) is 8.28. The Bertz CT molecular complexity index is 796. The molecule has 2 aromatic carbocycles. The van der Waals surface area contributed by atoms with Crippen molar-refractivity contribution >= 4 is 15.7 Å². The lowest BCUT2D eigenvalue weighted by Crippen LogP contribution is -2.13. The average Bonchev–Trinajstić information content (AvgIpc) is 2.55. The number of anilines is 1. The summed E-state index contributed by atoms with van der Waals surface area (Å²) in [5, 5.41) is 8.85. The molecule has 0 aliphatic heterocycles. The van der Waals surface area contributed by atoms with Gasteiger partial charge in [-0.15, -0.1) is 0 Å². The van der Waals surface area contributed by atoms with Gasteiger partial charge in [0.15, 0.2) is 0 Å². The number of nitrogens with zero attached hydrogens (tertiary/aromatic N) is 1. The number of methoxy groups -OCH3 is 1. The molecule has 1 N–H and O–H groups in total. The SMILES string of the molecule is COCCOc1ccc(S(=O)(=O)Nc2cccc(C#N)c2)cc1. The lowest BCUT2D eigenvalue weighted by atomic mass is 10.2. The van der Waals surface area contributed by atoms with Crippen LogP contribution in [0.4, 0.5) is 5.69 Å². The smallest absolute Gasteiger partial charge is 0.261 e. The number of ether oxygens (including phenoxy) is 2. The lowest BCUT2D eigenvalue weighted by molar-refractivity contribution is 0.146. The van der Waals surface area contributed by atoms with Crippen molar-refractivity contribution < 1.29 is 17.9 Å². The third kappa shape index (κ3) is 4.71. The van der Waals surface area contributed by atoms with Crippen LogP contribution in [0.5, 0.6) is 5.75 Å². The summed E-state index contributed by atoms with van der Waals surface area (Å²) in [4.78, 5) is 0.110. The summed E-state index contributed by atoms with van der Waals surface area (Å²) in [6.45, 7) is 0.846. The minimum absolute atomic E-state index is 0.110. The summed E-state index contributed by atoms with van der Waals surface area (Å²) in [5.41, 5.74) is 0.719. The van der Waals surface area contributed by atoms with Gasteiger partial charge in [-0.25, -0.2) is 8.42 Å². The Morgan fingerprint density at radius 3 is 2.52 bits per heavy atom. The van der Waals surface area contributed by atoms with Crippen molar-refractivity contribution in [2.75, 3.05) is 25.0 Å². The first kappa shape index (κ1) is 16.8. The Morgan fingerprint density at radius 1 is 1.13 bits per heavy atom. The van der Waals surface area contributed by atoms with Gasteiger partial charge < -0.3 is 9.47 Å². The molecule has 0 heterocycles. The molecule has 0 saturated carbocycles. The van der Waals surface area contributed by atoms with Gasteiger partial charge in [-0.05, 0) is 42.5 Å². The van der Waals surface area contributed by atoms with E-state index in [1.54, 1.807) is 37.4 Å². The molecule has 0 atom stereocenters. The Kier molecular flexibility index (Phi) is 5.57. The van der Waals surface area contributed by atoms with Gasteiger partial charge in [0.1, 0.15) is 12.4 Å². The van der Waals surface area contributed by atoms with E-state index in [9.17, 15) is 8.42 Å². The van der Waals surface area contributed by atoms with E-state index in [-0.39, 0.29) is 4.90 Å². The number of sulfonamides is 1. The van der Waals surface area contributed by atoms with E-state index in [0.717, 1.165) is 0 Å². The number of nitriles is 1. The summed E-state index contributed by atoms with van der Waals surface area (Å²) in [7, 11) is -2.14. The van der Waals surface area contributed by atoms with Crippen molar-refractivity contribution in [1.29, 1.82) is 5.26 Å². The van der Waals surface area contributed by atoms with E-state index in [4.69, 9.17) is 14.7 Å². The highest BCUT2D eigenvalue weighted by Crippen LogP contribution is 2.19. The fourth-order valence-corrected chi connectivity index (χ4v) is 2.87. The molecule has 7 heteroatoms. The van der Waals surface area contributed by atoms with Gasteiger partial charge in [0.05, 0.1) is 28.8 Å². The van der Waals surface area contributed by atoms with Gasteiger partial charge in [-0.3, -0.25) is 4.72 Å². The molecule has 0 radical (unpaired) electrons. The van der Waals surface area contributed by atoms with Crippen LogP contribution in [0.25, 0.3) is 0 Å². The lowest BCUT2D eigenvalue weighted by Gasteiger charge is -2.09. The summed E-state index contributed by atoms with van der Waals surface area (Å²) in [6, 6.07) is 14.3. The van der Waals surface area contributed by atoms with Crippen molar-refractivity contribution in [3.8, 4) is 11.8 Å². The third-order valence-corrected chi connectivity index (χ3v) is 4.33. The second kappa shape index (κ2) is 7.63. The van der Waals surface area contributed by atoms with Crippen molar-refractivity contribution in [1.82, 2.24) is 0 Å². The standard InChI is InChI=1S/C16H16N2O4S/c1-21-9-10-22-15-5-7-16(8-6-15)23(19,20)18-14-4-2-3-13(11-14)12-17/h2-8,11,18H,9-10H2,1H3. The molecular formula is C16H16N2O4S. The van der Waals surface area contributed by atoms with Crippen molar-refractivity contribution in [2.45, 2.75) is 4.90 Å². The molecule has 0 spiro atoms. The molecule has 2 aromatic rings. The molecule has 0 aliphatic carbocycles. The molecule has 0 bridgehead atoms. The van der Waals surface area contributed by atoms with Crippen LogP contribution < -0.4 is 9.46 Å². The molecule has 0 unspecified atom stereocenters. The zero-order chi connectivity index (χ0) is 16.7. The van der Waals surface area contributed by atoms with Gasteiger partial charge in [0.2, 0.25) is 0 Å².